The topological polar surface area (TPSA) is 36.5 Å². The van der Waals surface area contributed by atoms with E-state index < -0.39 is 0 Å². The van der Waals surface area contributed by atoms with Crippen LogP contribution in [-0.2, 0) is 11.3 Å². The largest absolute Gasteiger partial charge is 0.381 e. The van der Waals surface area contributed by atoms with Crippen molar-refractivity contribution in [3.8, 4) is 0 Å². The Morgan fingerprint density at radius 3 is 2.70 bits per heavy atom. The second-order valence-corrected chi connectivity index (χ2v) is 5.77. The molecule has 4 heteroatoms. The number of morpholine rings is 1. The summed E-state index contributed by atoms with van der Waals surface area (Å²) in [6.45, 7) is 7.12. The molecule has 0 amide bonds. The number of hydrogen-bond donors (Lipinski definition) is 2. The van der Waals surface area contributed by atoms with Gasteiger partial charge in [0.1, 0.15) is 0 Å². The quantitative estimate of drug-likeness (QED) is 0.876. The van der Waals surface area contributed by atoms with Crippen LogP contribution in [0, 0.1) is 0 Å². The SMILES string of the molecule is c1cc(NC2CCCNC2)ccc1CN1CCOCC1. The maximum atomic E-state index is 5.38. The Morgan fingerprint density at radius 1 is 1.20 bits per heavy atom. The first-order chi connectivity index (χ1) is 9.90. The molecule has 0 spiro atoms. The summed E-state index contributed by atoms with van der Waals surface area (Å²) in [4.78, 5) is 2.46. The van der Waals surface area contributed by atoms with Crippen LogP contribution in [0.4, 0.5) is 5.69 Å². The minimum absolute atomic E-state index is 0.578. The highest BCUT2D eigenvalue weighted by Crippen LogP contribution is 2.15. The number of nitrogens with zero attached hydrogens (tertiary/aromatic N) is 1. The normalized spacial score (nSPS) is 24.5. The van der Waals surface area contributed by atoms with Gasteiger partial charge in [-0.3, -0.25) is 4.90 Å². The van der Waals surface area contributed by atoms with Gasteiger partial charge >= 0.3 is 0 Å². The molecule has 20 heavy (non-hydrogen) atoms. The average Bonchev–Trinajstić information content (AvgIpc) is 2.51. The van der Waals surface area contributed by atoms with E-state index in [2.05, 4.69) is 39.8 Å². The summed E-state index contributed by atoms with van der Waals surface area (Å²) in [5.41, 5.74) is 2.63. The van der Waals surface area contributed by atoms with Crippen molar-refractivity contribution in [3.05, 3.63) is 29.8 Å². The second kappa shape index (κ2) is 7.07. The molecule has 1 atom stereocenters. The van der Waals surface area contributed by atoms with Gasteiger partial charge in [0.25, 0.3) is 0 Å². The van der Waals surface area contributed by atoms with E-state index in [0.717, 1.165) is 45.9 Å². The first-order valence-electron chi connectivity index (χ1n) is 7.76. The standard InChI is InChI=1S/C16H25N3O/c1-2-16(12-17-7-1)18-15-5-3-14(4-6-15)13-19-8-10-20-11-9-19/h3-6,16-18H,1-2,7-13H2. The van der Waals surface area contributed by atoms with Crippen LogP contribution < -0.4 is 10.6 Å². The predicted molar refractivity (Wildman–Crippen MR) is 82.1 cm³/mol. The summed E-state index contributed by atoms with van der Waals surface area (Å²) in [6, 6.07) is 9.49. The van der Waals surface area contributed by atoms with Gasteiger partial charge in [0.15, 0.2) is 0 Å². The van der Waals surface area contributed by atoms with E-state index in [0.29, 0.717) is 6.04 Å². The molecule has 2 saturated heterocycles. The Bertz CT molecular complexity index is 356. The molecule has 1 aromatic carbocycles. The fourth-order valence-corrected chi connectivity index (χ4v) is 2.93. The van der Waals surface area contributed by atoms with Gasteiger partial charge in [-0.15, -0.1) is 0 Å². The molecule has 4 nitrogen and oxygen atoms in total. The molecule has 0 aliphatic carbocycles. The van der Waals surface area contributed by atoms with Gasteiger partial charge in [0.05, 0.1) is 13.2 Å². The number of hydrogen-bond acceptors (Lipinski definition) is 4. The number of nitrogens with one attached hydrogen (secondary N) is 2. The Labute approximate surface area is 121 Å². The first kappa shape index (κ1) is 13.9. The molecular weight excluding hydrogens is 250 g/mol. The zero-order valence-electron chi connectivity index (χ0n) is 12.1. The number of piperidine rings is 1. The van der Waals surface area contributed by atoms with Crippen LogP contribution in [0.15, 0.2) is 24.3 Å². The molecule has 0 aromatic heterocycles. The van der Waals surface area contributed by atoms with Gasteiger partial charge in [-0.25, -0.2) is 0 Å². The van der Waals surface area contributed by atoms with E-state index in [-0.39, 0.29) is 0 Å². The van der Waals surface area contributed by atoms with E-state index in [4.69, 9.17) is 4.74 Å². The van der Waals surface area contributed by atoms with Crippen LogP contribution in [0.2, 0.25) is 0 Å². The predicted octanol–water partition coefficient (Wildman–Crippen LogP) is 1.68. The van der Waals surface area contributed by atoms with E-state index >= 15 is 0 Å². The Balaban J connectivity index is 1.51. The summed E-state index contributed by atoms with van der Waals surface area (Å²) < 4.78 is 5.38. The van der Waals surface area contributed by atoms with Gasteiger partial charge in [-0.1, -0.05) is 12.1 Å². The van der Waals surface area contributed by atoms with Crippen molar-refractivity contribution in [1.82, 2.24) is 10.2 Å². The fraction of sp³-hybridized carbons (Fsp3) is 0.625. The van der Waals surface area contributed by atoms with Crippen molar-refractivity contribution in [2.45, 2.75) is 25.4 Å². The third-order valence-corrected chi connectivity index (χ3v) is 4.13. The monoisotopic (exact) mass is 275 g/mol. The van der Waals surface area contributed by atoms with Gasteiger partial charge < -0.3 is 15.4 Å². The molecule has 2 fully saturated rings. The van der Waals surface area contributed by atoms with Crippen molar-refractivity contribution in [3.63, 3.8) is 0 Å². The summed E-state index contributed by atoms with van der Waals surface area (Å²) in [6.07, 6.45) is 2.54. The van der Waals surface area contributed by atoms with Crippen molar-refractivity contribution >= 4 is 5.69 Å². The van der Waals surface area contributed by atoms with E-state index in [1.807, 2.05) is 0 Å². The van der Waals surface area contributed by atoms with Crippen LogP contribution in [0.3, 0.4) is 0 Å². The lowest BCUT2D eigenvalue weighted by Gasteiger charge is -2.27. The summed E-state index contributed by atoms with van der Waals surface area (Å²) in [5, 5.41) is 7.06. The molecule has 1 unspecified atom stereocenters. The first-order valence-corrected chi connectivity index (χ1v) is 7.76. The maximum absolute atomic E-state index is 5.38. The highest BCUT2D eigenvalue weighted by molar-refractivity contribution is 5.45. The molecule has 2 aliphatic heterocycles. The average molecular weight is 275 g/mol. The fourth-order valence-electron chi connectivity index (χ4n) is 2.93. The van der Waals surface area contributed by atoms with Crippen molar-refractivity contribution in [2.24, 2.45) is 0 Å². The maximum Gasteiger partial charge on any atom is 0.0594 e. The van der Waals surface area contributed by atoms with Gasteiger partial charge in [0.2, 0.25) is 0 Å². The summed E-state index contributed by atoms with van der Waals surface area (Å²) >= 11 is 0. The molecule has 0 radical (unpaired) electrons. The van der Waals surface area contributed by atoms with Crippen LogP contribution in [0.1, 0.15) is 18.4 Å². The number of benzene rings is 1. The molecule has 2 heterocycles. The summed E-state index contributed by atoms with van der Waals surface area (Å²) in [5.74, 6) is 0. The molecule has 3 rings (SSSR count). The van der Waals surface area contributed by atoms with Crippen LogP contribution in [0.25, 0.3) is 0 Å². The molecule has 1 aromatic rings. The van der Waals surface area contributed by atoms with E-state index in [1.165, 1.54) is 24.1 Å². The van der Waals surface area contributed by atoms with Gasteiger partial charge in [0, 0.05) is 37.9 Å². The highest BCUT2D eigenvalue weighted by atomic mass is 16.5. The van der Waals surface area contributed by atoms with E-state index in [9.17, 15) is 0 Å². The van der Waals surface area contributed by atoms with Crippen LogP contribution in [-0.4, -0.2) is 50.3 Å². The molecular formula is C16H25N3O. The van der Waals surface area contributed by atoms with Crippen molar-refractivity contribution in [2.75, 3.05) is 44.7 Å². The van der Waals surface area contributed by atoms with Crippen LogP contribution >= 0.6 is 0 Å². The van der Waals surface area contributed by atoms with E-state index in [1.54, 1.807) is 0 Å². The number of anilines is 1. The third kappa shape index (κ3) is 3.95. The van der Waals surface area contributed by atoms with Gasteiger partial charge in [-0.2, -0.15) is 0 Å². The molecule has 2 aliphatic rings. The van der Waals surface area contributed by atoms with Crippen LogP contribution in [0.5, 0.6) is 0 Å². The Hall–Kier alpha value is -1.10. The minimum Gasteiger partial charge on any atom is -0.381 e. The lowest BCUT2D eigenvalue weighted by molar-refractivity contribution is 0.0342. The molecule has 2 N–H and O–H groups in total. The molecule has 110 valence electrons. The summed E-state index contributed by atoms with van der Waals surface area (Å²) in [7, 11) is 0. The Morgan fingerprint density at radius 2 is 2.00 bits per heavy atom. The number of rotatable bonds is 4. The lowest BCUT2D eigenvalue weighted by atomic mass is 10.1. The zero-order chi connectivity index (χ0) is 13.6. The lowest BCUT2D eigenvalue weighted by Crippen LogP contribution is -2.38. The van der Waals surface area contributed by atoms with Crippen molar-refractivity contribution < 1.29 is 4.74 Å². The number of ether oxygens (including phenoxy) is 1. The third-order valence-electron chi connectivity index (χ3n) is 4.13. The van der Waals surface area contributed by atoms with Gasteiger partial charge in [-0.05, 0) is 37.1 Å². The highest BCUT2D eigenvalue weighted by Gasteiger charge is 2.13. The molecule has 0 saturated carbocycles. The Kier molecular flexibility index (Phi) is 4.90. The zero-order valence-corrected chi connectivity index (χ0v) is 12.1. The smallest absolute Gasteiger partial charge is 0.0594 e. The second-order valence-electron chi connectivity index (χ2n) is 5.77. The molecule has 0 bridgehead atoms. The minimum atomic E-state index is 0.578. The van der Waals surface area contributed by atoms with Crippen molar-refractivity contribution in [1.29, 1.82) is 0 Å².